The summed E-state index contributed by atoms with van der Waals surface area (Å²) in [6, 6.07) is 2.02. The lowest BCUT2D eigenvalue weighted by molar-refractivity contribution is 1.27. The van der Waals surface area contributed by atoms with Crippen LogP contribution < -0.4 is 0 Å². The van der Waals surface area contributed by atoms with E-state index in [1.54, 1.807) is 0 Å². The van der Waals surface area contributed by atoms with Crippen molar-refractivity contribution in [1.82, 2.24) is 0 Å². The average Bonchev–Trinajstić information content (AvgIpc) is 1.61. The van der Waals surface area contributed by atoms with Crippen LogP contribution in [-0.4, -0.2) is 0 Å². The quantitative estimate of drug-likeness (QED) is 0.319. The molecule has 0 saturated heterocycles. The third-order valence-corrected chi connectivity index (χ3v) is 0.301. The summed E-state index contributed by atoms with van der Waals surface area (Å²) < 4.78 is 0. The Morgan fingerprint density at radius 1 is 1.83 bits per heavy atom. The van der Waals surface area contributed by atoms with Gasteiger partial charge in [0.15, 0.2) is 0 Å². The minimum Gasteiger partial charge on any atom is -0.135 e. The summed E-state index contributed by atoms with van der Waals surface area (Å²) in [5, 5.41) is 2.31. The number of nitroso groups, excluding NO2 is 1. The van der Waals surface area contributed by atoms with Crippen molar-refractivity contribution in [3.05, 3.63) is 4.91 Å². The molecule has 0 aliphatic carbocycles. The molecule has 2 heteroatoms. The summed E-state index contributed by atoms with van der Waals surface area (Å²) in [6.07, 6.45) is 0.700. The normalized spacial score (nSPS) is 5.50. The standard InChI is InChI=1S/C4H5NO/c1-2-3-4-5-6/h2H2,1H3. The van der Waals surface area contributed by atoms with Crippen LogP contribution in [0.2, 0.25) is 0 Å². The van der Waals surface area contributed by atoms with E-state index < -0.39 is 0 Å². The molecule has 0 radical (unpaired) electrons. The molecule has 0 aromatic carbocycles. The van der Waals surface area contributed by atoms with Gasteiger partial charge in [0.2, 0.25) is 0 Å². The molecular weight excluding hydrogens is 78.0 g/mol. The van der Waals surface area contributed by atoms with Gasteiger partial charge < -0.3 is 0 Å². The molecule has 0 aliphatic heterocycles. The van der Waals surface area contributed by atoms with E-state index in [9.17, 15) is 0 Å². The Morgan fingerprint density at radius 3 is 2.67 bits per heavy atom. The molecule has 0 heterocycles. The van der Waals surface area contributed by atoms with Crippen LogP contribution in [0, 0.1) is 16.9 Å². The predicted octanol–water partition coefficient (Wildman–Crippen LogP) is 1.12. The molecule has 6 heavy (non-hydrogen) atoms. The van der Waals surface area contributed by atoms with Gasteiger partial charge in [-0.1, -0.05) is 12.8 Å². The molecule has 0 rings (SSSR count). The van der Waals surface area contributed by atoms with Gasteiger partial charge in [-0.05, 0) is 0 Å². The summed E-state index contributed by atoms with van der Waals surface area (Å²) in [4.78, 5) is 9.14. The van der Waals surface area contributed by atoms with Crippen molar-refractivity contribution < 1.29 is 0 Å². The lowest BCUT2D eigenvalue weighted by Gasteiger charge is -1.57. The number of hydrogen-bond acceptors (Lipinski definition) is 2. The molecule has 0 amide bonds. The van der Waals surface area contributed by atoms with Gasteiger partial charge in [-0.15, -0.1) is 4.91 Å². The van der Waals surface area contributed by atoms with E-state index in [0.717, 1.165) is 0 Å². The Hall–Kier alpha value is -0.840. The van der Waals surface area contributed by atoms with Crippen molar-refractivity contribution in [2.45, 2.75) is 13.3 Å². The first kappa shape index (κ1) is 5.16. The lowest BCUT2D eigenvalue weighted by Crippen LogP contribution is -1.47. The molecule has 0 N–H and O–H groups in total. The van der Waals surface area contributed by atoms with Crippen molar-refractivity contribution in [2.24, 2.45) is 5.18 Å². The van der Waals surface area contributed by atoms with Gasteiger partial charge in [0, 0.05) is 11.6 Å². The first-order valence-electron chi connectivity index (χ1n) is 1.72. The highest BCUT2D eigenvalue weighted by Crippen LogP contribution is 1.64. The fraction of sp³-hybridized carbons (Fsp3) is 0.500. The predicted molar refractivity (Wildman–Crippen MR) is 23.9 cm³/mol. The monoisotopic (exact) mass is 83.0 g/mol. The van der Waals surface area contributed by atoms with Crippen LogP contribution in [0.15, 0.2) is 5.18 Å². The zero-order chi connectivity index (χ0) is 4.83. The van der Waals surface area contributed by atoms with Gasteiger partial charge in [0.05, 0.1) is 6.04 Å². The first-order valence-corrected chi connectivity index (χ1v) is 1.72. The van der Waals surface area contributed by atoms with E-state index in [1.807, 2.05) is 13.0 Å². The van der Waals surface area contributed by atoms with Crippen LogP contribution in [0.1, 0.15) is 13.3 Å². The topological polar surface area (TPSA) is 29.4 Å². The van der Waals surface area contributed by atoms with Gasteiger partial charge >= 0.3 is 0 Å². The van der Waals surface area contributed by atoms with E-state index in [4.69, 9.17) is 4.91 Å². The first-order chi connectivity index (χ1) is 2.91. The third kappa shape index (κ3) is 3.16. The zero-order valence-corrected chi connectivity index (χ0v) is 3.56. The van der Waals surface area contributed by atoms with E-state index >= 15 is 0 Å². The largest absolute Gasteiger partial charge is 0.135 e. The molecule has 0 aromatic heterocycles. The fourth-order valence-corrected chi connectivity index (χ4v) is 0.111. The molecular formula is C4H5NO. The summed E-state index contributed by atoms with van der Waals surface area (Å²) in [5.41, 5.74) is 0. The molecule has 0 atom stereocenters. The number of hydrogen-bond donors (Lipinski definition) is 0. The Balaban J connectivity index is 3.13. The van der Waals surface area contributed by atoms with Crippen molar-refractivity contribution >= 4 is 0 Å². The second-order valence-electron chi connectivity index (χ2n) is 0.733. The highest BCUT2D eigenvalue weighted by molar-refractivity contribution is 4.94. The van der Waals surface area contributed by atoms with E-state index in [1.165, 1.54) is 0 Å². The molecule has 0 aliphatic rings. The van der Waals surface area contributed by atoms with Crippen molar-refractivity contribution in [1.29, 1.82) is 0 Å². The molecule has 0 aromatic rings. The van der Waals surface area contributed by atoms with Gasteiger partial charge in [0.25, 0.3) is 0 Å². The van der Waals surface area contributed by atoms with Crippen LogP contribution in [0.25, 0.3) is 0 Å². The Kier molecular flexibility index (Phi) is 3.58. The third-order valence-electron chi connectivity index (χ3n) is 0.301. The fourth-order valence-electron chi connectivity index (χ4n) is 0.111. The van der Waals surface area contributed by atoms with Crippen LogP contribution in [0.5, 0.6) is 0 Å². The summed E-state index contributed by atoms with van der Waals surface area (Å²) in [7, 11) is 0. The van der Waals surface area contributed by atoms with Crippen LogP contribution in [0.3, 0.4) is 0 Å². The molecule has 0 spiro atoms. The maximum Gasteiger partial charge on any atom is 0.0805 e. The van der Waals surface area contributed by atoms with Crippen LogP contribution in [-0.2, 0) is 0 Å². The van der Waals surface area contributed by atoms with Crippen LogP contribution >= 0.6 is 0 Å². The second kappa shape index (κ2) is 4.16. The molecule has 32 valence electrons. The molecule has 0 saturated carbocycles. The molecule has 0 bridgehead atoms. The molecule has 2 nitrogen and oxygen atoms in total. The van der Waals surface area contributed by atoms with Crippen molar-refractivity contribution in [2.75, 3.05) is 0 Å². The van der Waals surface area contributed by atoms with Crippen molar-refractivity contribution in [3.63, 3.8) is 0 Å². The van der Waals surface area contributed by atoms with E-state index in [-0.39, 0.29) is 0 Å². The summed E-state index contributed by atoms with van der Waals surface area (Å²) >= 11 is 0. The molecule has 0 fully saturated rings. The smallest absolute Gasteiger partial charge is 0.0805 e. The maximum atomic E-state index is 9.14. The van der Waals surface area contributed by atoms with E-state index in [2.05, 4.69) is 11.1 Å². The second-order valence-corrected chi connectivity index (χ2v) is 0.733. The minimum absolute atomic E-state index is 0.700. The minimum atomic E-state index is 0.700. The highest BCUT2D eigenvalue weighted by atomic mass is 16.2. The summed E-state index contributed by atoms with van der Waals surface area (Å²) in [6.45, 7) is 1.86. The lowest BCUT2D eigenvalue weighted by atomic mass is 10.5. The van der Waals surface area contributed by atoms with Gasteiger partial charge in [-0.3, -0.25) is 0 Å². The summed E-state index contributed by atoms with van der Waals surface area (Å²) in [5.74, 6) is 2.47. The van der Waals surface area contributed by atoms with Crippen molar-refractivity contribution in [3.8, 4) is 12.0 Å². The molecule has 0 unspecified atom stereocenters. The zero-order valence-electron chi connectivity index (χ0n) is 3.56. The highest BCUT2D eigenvalue weighted by Gasteiger charge is 1.55. The Morgan fingerprint density at radius 2 is 2.50 bits per heavy atom. The SMILES string of the molecule is CCC#CN=O. The van der Waals surface area contributed by atoms with Gasteiger partial charge in [-0.25, -0.2) is 0 Å². The van der Waals surface area contributed by atoms with Gasteiger partial charge in [0.1, 0.15) is 0 Å². The average molecular weight is 83.1 g/mol. The Bertz CT molecular complexity index is 87.5. The van der Waals surface area contributed by atoms with Crippen LogP contribution in [0.4, 0.5) is 0 Å². The Labute approximate surface area is 36.5 Å². The maximum absolute atomic E-state index is 9.14. The van der Waals surface area contributed by atoms with E-state index in [0.29, 0.717) is 6.42 Å². The van der Waals surface area contributed by atoms with Gasteiger partial charge in [-0.2, -0.15) is 0 Å². The number of nitrogens with zero attached hydrogens (tertiary/aromatic N) is 1. The number of rotatable bonds is 0.